The zero-order chi connectivity index (χ0) is 16.2. The molecule has 2 heterocycles. The molecule has 1 aliphatic heterocycles. The van der Waals surface area contributed by atoms with Gasteiger partial charge < -0.3 is 19.2 Å². The van der Waals surface area contributed by atoms with Gasteiger partial charge in [0, 0.05) is 18.5 Å². The third-order valence-corrected chi connectivity index (χ3v) is 4.03. The Kier molecular flexibility index (Phi) is 4.55. The number of amides is 1. The van der Waals surface area contributed by atoms with E-state index in [-0.39, 0.29) is 17.9 Å². The van der Waals surface area contributed by atoms with Crippen LogP contribution in [0.25, 0.3) is 0 Å². The standard InChI is InChI=1S/C18H21NO4/c1-12(8-16-4-3-7-22-16)19-18(20)14-9-13-5-6-15(21-2)10-17(13)23-11-14/h3-7,10,12,14H,8-9,11H2,1-2H3,(H,19,20)/t12-,14+/m1/s1. The second-order valence-corrected chi connectivity index (χ2v) is 5.88. The first-order valence-corrected chi connectivity index (χ1v) is 7.78. The number of rotatable bonds is 5. The molecule has 1 aromatic heterocycles. The quantitative estimate of drug-likeness (QED) is 0.921. The van der Waals surface area contributed by atoms with Gasteiger partial charge in [-0.2, -0.15) is 0 Å². The average molecular weight is 315 g/mol. The molecule has 2 atom stereocenters. The number of hydrogen-bond donors (Lipinski definition) is 1. The SMILES string of the molecule is COc1ccc2c(c1)OC[C@@H](C(=O)N[C@H](C)Cc1ccco1)C2. The molecule has 1 N–H and O–H groups in total. The predicted molar refractivity (Wildman–Crippen MR) is 85.7 cm³/mol. The molecule has 0 unspecified atom stereocenters. The number of fused-ring (bicyclic) bond motifs is 1. The molecule has 3 rings (SSSR count). The van der Waals surface area contributed by atoms with Gasteiger partial charge in [-0.1, -0.05) is 6.07 Å². The maximum Gasteiger partial charge on any atom is 0.227 e. The zero-order valence-corrected chi connectivity index (χ0v) is 13.4. The Bertz CT molecular complexity index is 666. The van der Waals surface area contributed by atoms with E-state index in [2.05, 4.69) is 5.32 Å². The van der Waals surface area contributed by atoms with Crippen LogP contribution in [0.4, 0.5) is 0 Å². The highest BCUT2D eigenvalue weighted by Gasteiger charge is 2.27. The summed E-state index contributed by atoms with van der Waals surface area (Å²) in [4.78, 5) is 12.4. The van der Waals surface area contributed by atoms with Crippen LogP contribution in [0, 0.1) is 5.92 Å². The van der Waals surface area contributed by atoms with Crippen molar-refractivity contribution in [3.05, 3.63) is 47.9 Å². The molecule has 0 spiro atoms. The molecule has 0 saturated heterocycles. The maximum absolute atomic E-state index is 12.4. The van der Waals surface area contributed by atoms with Gasteiger partial charge in [0.15, 0.2) is 0 Å². The minimum Gasteiger partial charge on any atom is -0.497 e. The van der Waals surface area contributed by atoms with Crippen molar-refractivity contribution >= 4 is 5.91 Å². The van der Waals surface area contributed by atoms with Gasteiger partial charge in [0.2, 0.25) is 5.91 Å². The van der Waals surface area contributed by atoms with Gasteiger partial charge in [-0.05, 0) is 37.1 Å². The van der Waals surface area contributed by atoms with Crippen LogP contribution in [0.2, 0.25) is 0 Å². The van der Waals surface area contributed by atoms with E-state index in [0.717, 1.165) is 22.8 Å². The Morgan fingerprint density at radius 1 is 1.43 bits per heavy atom. The van der Waals surface area contributed by atoms with Crippen molar-refractivity contribution in [2.45, 2.75) is 25.8 Å². The number of nitrogens with one attached hydrogen (secondary N) is 1. The third kappa shape index (κ3) is 3.67. The van der Waals surface area contributed by atoms with Crippen LogP contribution in [0.1, 0.15) is 18.2 Å². The molecular weight excluding hydrogens is 294 g/mol. The molecule has 122 valence electrons. The lowest BCUT2D eigenvalue weighted by Crippen LogP contribution is -2.42. The van der Waals surface area contributed by atoms with Gasteiger partial charge >= 0.3 is 0 Å². The Labute approximate surface area is 135 Å². The summed E-state index contributed by atoms with van der Waals surface area (Å²) in [5, 5.41) is 3.04. The molecule has 0 aliphatic carbocycles. The van der Waals surface area contributed by atoms with Crippen molar-refractivity contribution in [2.24, 2.45) is 5.92 Å². The van der Waals surface area contributed by atoms with E-state index in [0.29, 0.717) is 19.4 Å². The summed E-state index contributed by atoms with van der Waals surface area (Å²) in [6.07, 6.45) is 3.00. The fourth-order valence-corrected chi connectivity index (χ4v) is 2.79. The van der Waals surface area contributed by atoms with E-state index < -0.39 is 0 Å². The largest absolute Gasteiger partial charge is 0.497 e. The average Bonchev–Trinajstić information content (AvgIpc) is 3.06. The summed E-state index contributed by atoms with van der Waals surface area (Å²) < 4.78 is 16.2. The van der Waals surface area contributed by atoms with Crippen molar-refractivity contribution < 1.29 is 18.7 Å². The van der Waals surface area contributed by atoms with Crippen LogP contribution in [-0.4, -0.2) is 25.7 Å². The third-order valence-electron chi connectivity index (χ3n) is 4.03. The summed E-state index contributed by atoms with van der Waals surface area (Å²) in [7, 11) is 1.63. The fraction of sp³-hybridized carbons (Fsp3) is 0.389. The molecule has 2 aromatic rings. The first-order valence-electron chi connectivity index (χ1n) is 7.78. The Morgan fingerprint density at radius 3 is 3.04 bits per heavy atom. The summed E-state index contributed by atoms with van der Waals surface area (Å²) in [6.45, 7) is 2.36. The van der Waals surface area contributed by atoms with Crippen LogP contribution < -0.4 is 14.8 Å². The van der Waals surface area contributed by atoms with Gasteiger partial charge in [-0.25, -0.2) is 0 Å². The minimum atomic E-state index is -0.171. The molecule has 1 aliphatic rings. The van der Waals surface area contributed by atoms with Crippen LogP contribution in [-0.2, 0) is 17.6 Å². The highest BCUT2D eigenvalue weighted by molar-refractivity contribution is 5.80. The molecule has 0 saturated carbocycles. The minimum absolute atomic E-state index is 0.0190. The highest BCUT2D eigenvalue weighted by Crippen LogP contribution is 2.31. The zero-order valence-electron chi connectivity index (χ0n) is 13.4. The van der Waals surface area contributed by atoms with Crippen molar-refractivity contribution in [3.63, 3.8) is 0 Å². The first-order chi connectivity index (χ1) is 11.2. The summed E-state index contributed by atoms with van der Waals surface area (Å²) in [6, 6.07) is 9.50. The van der Waals surface area contributed by atoms with E-state index >= 15 is 0 Å². The van der Waals surface area contributed by atoms with Gasteiger partial charge in [-0.3, -0.25) is 4.79 Å². The Hall–Kier alpha value is -2.43. The predicted octanol–water partition coefficient (Wildman–Crippen LogP) is 2.59. The fourth-order valence-electron chi connectivity index (χ4n) is 2.79. The van der Waals surface area contributed by atoms with E-state index in [1.807, 2.05) is 37.3 Å². The number of furan rings is 1. The Balaban J connectivity index is 1.58. The van der Waals surface area contributed by atoms with Gasteiger partial charge in [-0.15, -0.1) is 0 Å². The van der Waals surface area contributed by atoms with Crippen LogP contribution in [0.3, 0.4) is 0 Å². The number of methoxy groups -OCH3 is 1. The summed E-state index contributed by atoms with van der Waals surface area (Å²) in [5.74, 6) is 2.28. The molecular formula is C18H21NO4. The maximum atomic E-state index is 12.4. The number of carbonyl (C=O) groups excluding carboxylic acids is 1. The van der Waals surface area contributed by atoms with Gasteiger partial charge in [0.25, 0.3) is 0 Å². The topological polar surface area (TPSA) is 60.7 Å². The summed E-state index contributed by atoms with van der Waals surface area (Å²) >= 11 is 0. The second-order valence-electron chi connectivity index (χ2n) is 5.88. The molecule has 1 amide bonds. The van der Waals surface area contributed by atoms with Crippen molar-refractivity contribution in [3.8, 4) is 11.5 Å². The smallest absolute Gasteiger partial charge is 0.227 e. The van der Waals surface area contributed by atoms with E-state index in [1.54, 1.807) is 13.4 Å². The second kappa shape index (κ2) is 6.77. The lowest BCUT2D eigenvalue weighted by atomic mass is 9.95. The number of benzene rings is 1. The number of carbonyl (C=O) groups is 1. The van der Waals surface area contributed by atoms with Crippen LogP contribution >= 0.6 is 0 Å². The van der Waals surface area contributed by atoms with E-state index in [9.17, 15) is 4.79 Å². The summed E-state index contributed by atoms with van der Waals surface area (Å²) in [5.41, 5.74) is 1.04. The van der Waals surface area contributed by atoms with Gasteiger partial charge in [0.05, 0.1) is 19.3 Å². The highest BCUT2D eigenvalue weighted by atomic mass is 16.5. The van der Waals surface area contributed by atoms with Crippen molar-refractivity contribution in [1.29, 1.82) is 0 Å². The van der Waals surface area contributed by atoms with E-state index in [1.165, 1.54) is 0 Å². The molecule has 0 fully saturated rings. The Morgan fingerprint density at radius 2 is 2.30 bits per heavy atom. The normalized spacial score (nSPS) is 17.7. The molecule has 23 heavy (non-hydrogen) atoms. The molecule has 5 nitrogen and oxygen atoms in total. The number of hydrogen-bond acceptors (Lipinski definition) is 4. The lowest BCUT2D eigenvalue weighted by Gasteiger charge is -2.26. The van der Waals surface area contributed by atoms with Crippen LogP contribution in [0.15, 0.2) is 41.0 Å². The van der Waals surface area contributed by atoms with E-state index in [4.69, 9.17) is 13.9 Å². The molecule has 5 heteroatoms. The van der Waals surface area contributed by atoms with Crippen LogP contribution in [0.5, 0.6) is 11.5 Å². The molecule has 1 aromatic carbocycles. The molecule has 0 radical (unpaired) electrons. The monoisotopic (exact) mass is 315 g/mol. The van der Waals surface area contributed by atoms with Crippen molar-refractivity contribution in [2.75, 3.05) is 13.7 Å². The van der Waals surface area contributed by atoms with Gasteiger partial charge in [0.1, 0.15) is 23.9 Å². The van der Waals surface area contributed by atoms with Crippen molar-refractivity contribution in [1.82, 2.24) is 5.32 Å². The number of ether oxygens (including phenoxy) is 2. The molecule has 0 bridgehead atoms. The lowest BCUT2D eigenvalue weighted by molar-refractivity contribution is -0.126. The first kappa shape index (κ1) is 15.5.